The lowest BCUT2D eigenvalue weighted by Crippen LogP contribution is -2.16. The second-order valence-electron chi connectivity index (χ2n) is 5.28. The normalized spacial score (nSPS) is 12.3. The van der Waals surface area contributed by atoms with Crippen LogP contribution < -0.4 is 15.9 Å². The molecule has 124 valence electrons. The predicted molar refractivity (Wildman–Crippen MR) is 93.5 cm³/mol. The van der Waals surface area contributed by atoms with Gasteiger partial charge in [-0.25, -0.2) is 4.79 Å². The fourth-order valence-electron chi connectivity index (χ4n) is 2.50. The van der Waals surface area contributed by atoms with Gasteiger partial charge in [0, 0.05) is 16.1 Å². The number of ether oxygens (including phenoxy) is 1. The number of aromatic amines is 1. The van der Waals surface area contributed by atoms with Gasteiger partial charge in [0.25, 0.3) is 11.6 Å². The summed E-state index contributed by atoms with van der Waals surface area (Å²) in [5.41, 5.74) is 0.555. The Morgan fingerprint density at radius 1 is 1.33 bits per heavy atom. The molecule has 0 aliphatic heterocycles. The summed E-state index contributed by atoms with van der Waals surface area (Å²) in [7, 11) is 0. The lowest BCUT2D eigenvalue weighted by molar-refractivity contribution is 0.206. The Balaban J connectivity index is 2.04. The van der Waals surface area contributed by atoms with Crippen molar-refractivity contribution in [2.45, 2.75) is 26.4 Å². The van der Waals surface area contributed by atoms with Crippen molar-refractivity contribution < 1.29 is 9.15 Å². The van der Waals surface area contributed by atoms with Gasteiger partial charge < -0.3 is 9.15 Å². The molecule has 2 aromatic heterocycles. The summed E-state index contributed by atoms with van der Waals surface area (Å²) in [6, 6.07) is 8.91. The van der Waals surface area contributed by atoms with Gasteiger partial charge >= 0.3 is 5.63 Å². The summed E-state index contributed by atoms with van der Waals surface area (Å²) >= 11 is 3.46. The van der Waals surface area contributed by atoms with E-state index in [1.54, 1.807) is 0 Å². The fraction of sp³-hybridized carbons (Fsp3) is 0.235. The van der Waals surface area contributed by atoms with Crippen LogP contribution in [0.15, 0.2) is 48.8 Å². The maximum atomic E-state index is 12.3. The van der Waals surface area contributed by atoms with Crippen LogP contribution in [0.25, 0.3) is 11.1 Å². The van der Waals surface area contributed by atoms with Crippen molar-refractivity contribution in [2.24, 2.45) is 0 Å². The van der Waals surface area contributed by atoms with Crippen molar-refractivity contribution in [2.75, 3.05) is 0 Å². The highest BCUT2D eigenvalue weighted by Gasteiger charge is 2.16. The first-order valence-electron chi connectivity index (χ1n) is 7.47. The van der Waals surface area contributed by atoms with Crippen LogP contribution in [0.1, 0.15) is 31.1 Å². The van der Waals surface area contributed by atoms with Gasteiger partial charge in [0.05, 0.1) is 0 Å². The molecule has 3 rings (SSSR count). The molecule has 0 amide bonds. The van der Waals surface area contributed by atoms with Gasteiger partial charge in [-0.2, -0.15) is 4.98 Å². The molecule has 0 unspecified atom stereocenters. The largest absolute Gasteiger partial charge is 0.457 e. The summed E-state index contributed by atoms with van der Waals surface area (Å²) in [5, 5.41) is 0.276. The molecular formula is C17H15BrN2O4. The number of fused-ring (bicyclic) bond motifs is 1. The van der Waals surface area contributed by atoms with E-state index in [4.69, 9.17) is 9.15 Å². The predicted octanol–water partition coefficient (Wildman–Crippen LogP) is 3.34. The fourth-order valence-corrected chi connectivity index (χ4v) is 3.11. The third-order valence-corrected chi connectivity index (χ3v) is 4.41. The van der Waals surface area contributed by atoms with Crippen LogP contribution in [0.5, 0.6) is 6.01 Å². The van der Waals surface area contributed by atoms with Crippen molar-refractivity contribution in [3.63, 3.8) is 0 Å². The van der Waals surface area contributed by atoms with Gasteiger partial charge in [-0.05, 0) is 25.0 Å². The molecule has 7 heteroatoms. The molecule has 1 aromatic carbocycles. The van der Waals surface area contributed by atoms with E-state index in [-0.39, 0.29) is 23.2 Å². The van der Waals surface area contributed by atoms with Crippen LogP contribution in [-0.4, -0.2) is 9.97 Å². The number of benzene rings is 1. The zero-order valence-electron chi connectivity index (χ0n) is 13.1. The Hall–Kier alpha value is -2.41. The van der Waals surface area contributed by atoms with Gasteiger partial charge in [-0.15, -0.1) is 0 Å². The van der Waals surface area contributed by atoms with Crippen LogP contribution in [0.2, 0.25) is 0 Å². The van der Waals surface area contributed by atoms with Crippen molar-refractivity contribution in [1.82, 2.24) is 9.97 Å². The summed E-state index contributed by atoms with van der Waals surface area (Å²) in [6.07, 6.45) is 0.169. The number of rotatable bonds is 4. The Morgan fingerprint density at radius 2 is 2.08 bits per heavy atom. The maximum absolute atomic E-state index is 12.3. The molecule has 24 heavy (non-hydrogen) atoms. The molecule has 0 saturated heterocycles. The van der Waals surface area contributed by atoms with Gasteiger partial charge in [0.2, 0.25) is 5.71 Å². The van der Waals surface area contributed by atoms with Crippen LogP contribution in [0.3, 0.4) is 0 Å². The van der Waals surface area contributed by atoms with Crippen LogP contribution in [0.4, 0.5) is 0 Å². The molecule has 2 heterocycles. The van der Waals surface area contributed by atoms with E-state index in [9.17, 15) is 9.59 Å². The molecule has 6 nitrogen and oxygen atoms in total. The van der Waals surface area contributed by atoms with E-state index in [1.807, 2.05) is 38.1 Å². The zero-order valence-corrected chi connectivity index (χ0v) is 14.7. The molecule has 3 aromatic rings. The van der Waals surface area contributed by atoms with E-state index in [2.05, 4.69) is 25.9 Å². The molecule has 0 spiro atoms. The third kappa shape index (κ3) is 3.12. The Bertz CT molecular complexity index is 1010. The number of aryl methyl sites for hydroxylation is 1. The quantitative estimate of drug-likeness (QED) is 0.738. The molecule has 0 bridgehead atoms. The van der Waals surface area contributed by atoms with E-state index >= 15 is 0 Å². The minimum Gasteiger partial charge on any atom is -0.457 e. The first kappa shape index (κ1) is 16.4. The number of hydrogen-bond acceptors (Lipinski definition) is 5. The minimum absolute atomic E-state index is 0.00663. The van der Waals surface area contributed by atoms with Crippen molar-refractivity contribution >= 4 is 27.0 Å². The van der Waals surface area contributed by atoms with Gasteiger partial charge in [-0.3, -0.25) is 9.78 Å². The number of nitrogens with zero attached hydrogens (tertiary/aromatic N) is 1. The standard InChI is InChI=1S/C17H15BrN2O4/c1-3-10-8-13(21)24-16-14(10)15(22)19-17(20-16)23-9(2)11-6-4-5-7-12(11)18/h4-9H,3H2,1-2H3,(H,19,20,22)/t9-/m0/s1. The van der Waals surface area contributed by atoms with E-state index in [0.29, 0.717) is 12.0 Å². The van der Waals surface area contributed by atoms with E-state index < -0.39 is 11.2 Å². The molecule has 0 radical (unpaired) electrons. The highest BCUT2D eigenvalue weighted by atomic mass is 79.9. The highest BCUT2D eigenvalue weighted by Crippen LogP contribution is 2.26. The average Bonchev–Trinajstić information content (AvgIpc) is 2.53. The summed E-state index contributed by atoms with van der Waals surface area (Å²) < 4.78 is 11.7. The molecule has 1 atom stereocenters. The van der Waals surface area contributed by atoms with Crippen molar-refractivity contribution in [3.05, 3.63) is 66.7 Å². The molecule has 0 saturated carbocycles. The second-order valence-corrected chi connectivity index (χ2v) is 6.13. The van der Waals surface area contributed by atoms with E-state index in [0.717, 1.165) is 10.0 Å². The second kappa shape index (κ2) is 6.60. The number of hydrogen-bond donors (Lipinski definition) is 1. The molecule has 1 N–H and O–H groups in total. The summed E-state index contributed by atoms with van der Waals surface area (Å²) in [5.74, 6) is 0. The first-order chi connectivity index (χ1) is 11.5. The van der Waals surface area contributed by atoms with Crippen molar-refractivity contribution in [1.29, 1.82) is 0 Å². The van der Waals surface area contributed by atoms with Gasteiger partial charge in [0.1, 0.15) is 11.5 Å². The number of H-pyrrole nitrogens is 1. The monoisotopic (exact) mass is 390 g/mol. The smallest absolute Gasteiger partial charge is 0.337 e. The lowest BCUT2D eigenvalue weighted by Gasteiger charge is -2.15. The summed E-state index contributed by atoms with van der Waals surface area (Å²) in [4.78, 5) is 30.7. The summed E-state index contributed by atoms with van der Waals surface area (Å²) in [6.45, 7) is 3.69. The number of aromatic nitrogens is 2. The molecule has 0 aliphatic rings. The Morgan fingerprint density at radius 3 is 2.79 bits per heavy atom. The Labute approximate surface area is 145 Å². The topological polar surface area (TPSA) is 85.2 Å². The number of nitrogens with one attached hydrogen (secondary N) is 1. The lowest BCUT2D eigenvalue weighted by atomic mass is 10.1. The number of halogens is 1. The van der Waals surface area contributed by atoms with Gasteiger partial charge in [-0.1, -0.05) is 41.1 Å². The van der Waals surface area contributed by atoms with E-state index in [1.165, 1.54) is 6.07 Å². The minimum atomic E-state index is -0.540. The van der Waals surface area contributed by atoms with Crippen LogP contribution >= 0.6 is 15.9 Å². The van der Waals surface area contributed by atoms with Gasteiger partial charge in [0.15, 0.2) is 0 Å². The molecule has 0 fully saturated rings. The highest BCUT2D eigenvalue weighted by molar-refractivity contribution is 9.10. The molecular weight excluding hydrogens is 376 g/mol. The Kier molecular flexibility index (Phi) is 4.53. The third-order valence-electron chi connectivity index (χ3n) is 3.69. The SMILES string of the molecule is CCc1cc(=O)oc2nc(O[C@@H](C)c3ccccc3Br)[nH]c(=O)c12. The molecule has 0 aliphatic carbocycles. The average molecular weight is 391 g/mol. The van der Waals surface area contributed by atoms with Crippen molar-refractivity contribution in [3.8, 4) is 6.01 Å². The maximum Gasteiger partial charge on any atom is 0.337 e. The first-order valence-corrected chi connectivity index (χ1v) is 8.27. The van der Waals surface area contributed by atoms with Crippen LogP contribution in [0, 0.1) is 0 Å². The van der Waals surface area contributed by atoms with Crippen LogP contribution in [-0.2, 0) is 6.42 Å². The zero-order chi connectivity index (χ0) is 17.3.